The molecule has 0 bridgehead atoms. The van der Waals surface area contributed by atoms with Crippen molar-refractivity contribution in [2.75, 3.05) is 18.1 Å². The molecule has 0 aliphatic carbocycles. The van der Waals surface area contributed by atoms with E-state index in [1.165, 1.54) is 5.56 Å². The molecule has 0 atom stereocenters. The fourth-order valence-corrected chi connectivity index (χ4v) is 1.47. The number of nitrogens with zero attached hydrogens (tertiary/aromatic N) is 1. The maximum Gasteiger partial charge on any atom is 0.125 e. The fraction of sp³-hybridized carbons (Fsp3) is 0.444. The van der Waals surface area contributed by atoms with Crippen LogP contribution in [-0.4, -0.2) is 17.8 Å². The zero-order valence-corrected chi connectivity index (χ0v) is 8.32. The number of rotatable bonds is 4. The molecule has 0 saturated carbocycles. The van der Waals surface area contributed by atoms with Gasteiger partial charge in [0.05, 0.1) is 0 Å². The standard InChI is InChI=1S/C9H14N2S/c1-3-10-9-5-4-8(6-11-9)7-12-2/h4-6H,3,7H2,1-2H3,(H,10,11). The highest BCUT2D eigenvalue weighted by Crippen LogP contribution is 2.09. The van der Waals surface area contributed by atoms with Crippen LogP contribution in [0.1, 0.15) is 12.5 Å². The quantitative estimate of drug-likeness (QED) is 0.774. The lowest BCUT2D eigenvalue weighted by Crippen LogP contribution is -1.98. The van der Waals surface area contributed by atoms with Gasteiger partial charge in [-0.1, -0.05) is 6.07 Å². The Kier molecular flexibility index (Phi) is 3.94. The largest absolute Gasteiger partial charge is 0.370 e. The van der Waals surface area contributed by atoms with Gasteiger partial charge >= 0.3 is 0 Å². The molecular formula is C9H14N2S. The number of thioether (sulfide) groups is 1. The minimum absolute atomic E-state index is 0.925. The van der Waals surface area contributed by atoms with Gasteiger partial charge in [0, 0.05) is 18.5 Å². The van der Waals surface area contributed by atoms with Gasteiger partial charge in [-0.05, 0) is 24.8 Å². The summed E-state index contributed by atoms with van der Waals surface area (Å²) < 4.78 is 0. The first-order chi connectivity index (χ1) is 5.86. The van der Waals surface area contributed by atoms with Crippen LogP contribution in [0.15, 0.2) is 18.3 Å². The number of hydrogen-bond donors (Lipinski definition) is 1. The molecule has 1 aromatic rings. The van der Waals surface area contributed by atoms with E-state index in [0.717, 1.165) is 18.1 Å². The fourth-order valence-electron chi connectivity index (χ4n) is 0.962. The lowest BCUT2D eigenvalue weighted by Gasteiger charge is -2.02. The molecule has 0 fully saturated rings. The molecule has 2 nitrogen and oxygen atoms in total. The van der Waals surface area contributed by atoms with Gasteiger partial charge in [-0.3, -0.25) is 0 Å². The Morgan fingerprint density at radius 3 is 2.83 bits per heavy atom. The smallest absolute Gasteiger partial charge is 0.125 e. The zero-order chi connectivity index (χ0) is 8.81. The monoisotopic (exact) mass is 182 g/mol. The molecule has 0 saturated heterocycles. The van der Waals surface area contributed by atoms with Crippen molar-refractivity contribution in [2.24, 2.45) is 0 Å². The van der Waals surface area contributed by atoms with Crippen molar-refractivity contribution in [3.8, 4) is 0 Å². The number of pyridine rings is 1. The number of anilines is 1. The van der Waals surface area contributed by atoms with E-state index in [-0.39, 0.29) is 0 Å². The van der Waals surface area contributed by atoms with Gasteiger partial charge in [0.15, 0.2) is 0 Å². The van der Waals surface area contributed by atoms with Crippen LogP contribution in [0.25, 0.3) is 0 Å². The molecule has 0 spiro atoms. The zero-order valence-electron chi connectivity index (χ0n) is 7.50. The second kappa shape index (κ2) is 5.04. The van der Waals surface area contributed by atoms with Gasteiger partial charge in [0.2, 0.25) is 0 Å². The second-order valence-corrected chi connectivity index (χ2v) is 3.38. The molecule has 1 heterocycles. The minimum atomic E-state index is 0.925. The highest BCUT2D eigenvalue weighted by atomic mass is 32.2. The predicted octanol–water partition coefficient (Wildman–Crippen LogP) is 2.38. The first kappa shape index (κ1) is 9.39. The van der Waals surface area contributed by atoms with Gasteiger partial charge in [0.25, 0.3) is 0 Å². The maximum absolute atomic E-state index is 4.26. The normalized spacial score (nSPS) is 9.83. The molecule has 0 aromatic carbocycles. The number of nitrogens with one attached hydrogen (secondary N) is 1. The van der Waals surface area contributed by atoms with Crippen molar-refractivity contribution in [1.29, 1.82) is 0 Å². The van der Waals surface area contributed by atoms with Crippen molar-refractivity contribution >= 4 is 17.6 Å². The molecule has 3 heteroatoms. The summed E-state index contributed by atoms with van der Waals surface area (Å²) in [5.74, 6) is 2.00. The summed E-state index contributed by atoms with van der Waals surface area (Å²) >= 11 is 1.81. The molecule has 0 aliphatic heterocycles. The van der Waals surface area contributed by atoms with Crippen molar-refractivity contribution in [2.45, 2.75) is 12.7 Å². The van der Waals surface area contributed by atoms with Crippen LogP contribution < -0.4 is 5.32 Å². The summed E-state index contributed by atoms with van der Waals surface area (Å²) in [5, 5.41) is 3.16. The van der Waals surface area contributed by atoms with E-state index < -0.39 is 0 Å². The Labute approximate surface area is 77.8 Å². The van der Waals surface area contributed by atoms with Crippen molar-refractivity contribution in [3.63, 3.8) is 0 Å². The van der Waals surface area contributed by atoms with Crippen molar-refractivity contribution in [1.82, 2.24) is 4.98 Å². The average molecular weight is 182 g/mol. The van der Waals surface area contributed by atoms with Crippen LogP contribution in [0, 0.1) is 0 Å². The van der Waals surface area contributed by atoms with E-state index in [0.29, 0.717) is 0 Å². The summed E-state index contributed by atoms with van der Waals surface area (Å²) in [4.78, 5) is 4.26. The maximum atomic E-state index is 4.26. The van der Waals surface area contributed by atoms with E-state index in [9.17, 15) is 0 Å². The molecule has 12 heavy (non-hydrogen) atoms. The predicted molar refractivity (Wildman–Crippen MR) is 55.6 cm³/mol. The van der Waals surface area contributed by atoms with E-state index in [1.807, 2.05) is 24.0 Å². The van der Waals surface area contributed by atoms with Gasteiger partial charge in [0.1, 0.15) is 5.82 Å². The molecule has 66 valence electrons. The molecular weight excluding hydrogens is 168 g/mol. The summed E-state index contributed by atoms with van der Waals surface area (Å²) in [7, 11) is 0. The minimum Gasteiger partial charge on any atom is -0.370 e. The topological polar surface area (TPSA) is 24.9 Å². The van der Waals surface area contributed by atoms with E-state index in [4.69, 9.17) is 0 Å². The molecule has 1 aromatic heterocycles. The summed E-state index contributed by atoms with van der Waals surface area (Å²) in [6.07, 6.45) is 4.02. The highest BCUT2D eigenvalue weighted by molar-refractivity contribution is 7.97. The first-order valence-corrected chi connectivity index (χ1v) is 5.44. The van der Waals surface area contributed by atoms with Crippen LogP contribution in [0.4, 0.5) is 5.82 Å². The first-order valence-electron chi connectivity index (χ1n) is 4.04. The highest BCUT2D eigenvalue weighted by Gasteiger charge is 1.92. The van der Waals surface area contributed by atoms with Crippen LogP contribution >= 0.6 is 11.8 Å². The Hall–Kier alpha value is -0.700. The van der Waals surface area contributed by atoms with E-state index in [2.05, 4.69) is 29.5 Å². The molecule has 0 amide bonds. The Balaban J connectivity index is 2.58. The summed E-state index contributed by atoms with van der Waals surface area (Å²) in [6.45, 7) is 2.99. The molecule has 0 aliphatic rings. The Morgan fingerprint density at radius 1 is 1.50 bits per heavy atom. The van der Waals surface area contributed by atoms with Gasteiger partial charge in [-0.15, -0.1) is 0 Å². The van der Waals surface area contributed by atoms with Crippen LogP contribution in [0.3, 0.4) is 0 Å². The second-order valence-electron chi connectivity index (χ2n) is 2.52. The molecule has 0 radical (unpaired) electrons. The average Bonchev–Trinajstić information content (AvgIpc) is 2.09. The number of aromatic nitrogens is 1. The van der Waals surface area contributed by atoms with Gasteiger partial charge in [-0.2, -0.15) is 11.8 Å². The van der Waals surface area contributed by atoms with Gasteiger partial charge in [-0.25, -0.2) is 4.98 Å². The van der Waals surface area contributed by atoms with Gasteiger partial charge < -0.3 is 5.32 Å². The third-order valence-electron chi connectivity index (χ3n) is 1.49. The molecule has 1 N–H and O–H groups in total. The van der Waals surface area contributed by atoms with Crippen molar-refractivity contribution < 1.29 is 0 Å². The lowest BCUT2D eigenvalue weighted by atomic mass is 10.3. The third-order valence-corrected chi connectivity index (χ3v) is 2.12. The Bertz CT molecular complexity index is 195. The molecule has 1 rings (SSSR count). The summed E-state index contributed by atoms with van der Waals surface area (Å²) in [5.41, 5.74) is 1.28. The summed E-state index contributed by atoms with van der Waals surface area (Å²) in [6, 6.07) is 4.14. The van der Waals surface area contributed by atoms with Crippen LogP contribution in [0.5, 0.6) is 0 Å². The van der Waals surface area contributed by atoms with Crippen LogP contribution in [-0.2, 0) is 5.75 Å². The molecule has 0 unspecified atom stereocenters. The Morgan fingerprint density at radius 2 is 2.33 bits per heavy atom. The lowest BCUT2D eigenvalue weighted by molar-refractivity contribution is 1.15. The third kappa shape index (κ3) is 2.74. The van der Waals surface area contributed by atoms with Crippen molar-refractivity contribution in [3.05, 3.63) is 23.9 Å². The van der Waals surface area contributed by atoms with E-state index >= 15 is 0 Å². The SMILES string of the molecule is CCNc1ccc(CSC)cn1. The van der Waals surface area contributed by atoms with Crippen LogP contribution in [0.2, 0.25) is 0 Å². The van der Waals surface area contributed by atoms with E-state index in [1.54, 1.807) is 0 Å². The number of hydrogen-bond acceptors (Lipinski definition) is 3.